The highest BCUT2D eigenvalue weighted by atomic mass is 32.1. The summed E-state index contributed by atoms with van der Waals surface area (Å²) < 4.78 is 0. The molecule has 0 unspecified atom stereocenters. The number of rotatable bonds is 3. The summed E-state index contributed by atoms with van der Waals surface area (Å²) in [6.45, 7) is 5.86. The summed E-state index contributed by atoms with van der Waals surface area (Å²) in [4.78, 5) is 25.1. The molecule has 25 heavy (non-hydrogen) atoms. The number of piperidine rings is 1. The van der Waals surface area contributed by atoms with E-state index in [9.17, 15) is 4.79 Å². The molecular weight excluding hydrogens is 330 g/mol. The minimum absolute atomic E-state index is 0.191. The highest BCUT2D eigenvalue weighted by Crippen LogP contribution is 2.30. The first kappa shape index (κ1) is 16.3. The van der Waals surface area contributed by atoms with Gasteiger partial charge in [-0.15, -0.1) is 11.3 Å². The average Bonchev–Trinajstić information content (AvgIpc) is 3.24. The molecule has 3 heterocycles. The second-order valence-corrected chi connectivity index (χ2v) is 8.01. The van der Waals surface area contributed by atoms with Gasteiger partial charge >= 0.3 is 0 Å². The van der Waals surface area contributed by atoms with E-state index < -0.39 is 0 Å². The number of hydrogen-bond donors (Lipinski definition) is 1. The Morgan fingerprint density at radius 3 is 2.76 bits per heavy atom. The van der Waals surface area contributed by atoms with E-state index in [2.05, 4.69) is 31.0 Å². The lowest BCUT2D eigenvalue weighted by Crippen LogP contribution is -2.37. The molecule has 1 N–H and O–H groups in total. The number of H-pyrrole nitrogens is 1. The molecule has 2 aromatic heterocycles. The number of carbonyl (C=O) groups excluding carboxylic acids is 1. The van der Waals surface area contributed by atoms with Gasteiger partial charge in [0.05, 0.1) is 15.9 Å². The van der Waals surface area contributed by atoms with Crippen LogP contribution in [-0.4, -0.2) is 33.9 Å². The number of benzene rings is 1. The van der Waals surface area contributed by atoms with Crippen molar-refractivity contribution in [1.82, 2.24) is 14.9 Å². The molecule has 0 atom stereocenters. The smallest absolute Gasteiger partial charge is 0.263 e. The predicted octanol–water partition coefficient (Wildman–Crippen LogP) is 4.52. The van der Waals surface area contributed by atoms with Crippen LogP contribution in [0.2, 0.25) is 0 Å². The van der Waals surface area contributed by atoms with Crippen molar-refractivity contribution in [3.8, 4) is 0 Å². The van der Waals surface area contributed by atoms with Crippen LogP contribution in [0.4, 0.5) is 0 Å². The average molecular weight is 353 g/mol. The Morgan fingerprint density at radius 1 is 1.32 bits per heavy atom. The third-order valence-electron chi connectivity index (χ3n) is 5.19. The highest BCUT2D eigenvalue weighted by Gasteiger charge is 2.27. The summed E-state index contributed by atoms with van der Waals surface area (Å²) in [5.41, 5.74) is 3.42. The summed E-state index contributed by atoms with van der Waals surface area (Å²) in [5, 5.41) is 0. The van der Waals surface area contributed by atoms with Crippen LogP contribution in [0.5, 0.6) is 0 Å². The number of carbonyl (C=O) groups is 1. The van der Waals surface area contributed by atoms with E-state index in [4.69, 9.17) is 4.98 Å². The lowest BCUT2D eigenvalue weighted by molar-refractivity contribution is 0.0716. The first-order chi connectivity index (χ1) is 12.2. The van der Waals surface area contributed by atoms with Gasteiger partial charge in [0.25, 0.3) is 5.91 Å². The van der Waals surface area contributed by atoms with Crippen molar-refractivity contribution in [1.29, 1.82) is 0 Å². The second-order valence-electron chi connectivity index (χ2n) is 6.75. The van der Waals surface area contributed by atoms with Crippen LogP contribution in [0.15, 0.2) is 30.3 Å². The molecule has 0 aliphatic carbocycles. The normalized spacial score (nSPS) is 15.8. The van der Waals surface area contributed by atoms with Gasteiger partial charge in [0.15, 0.2) is 0 Å². The number of para-hydroxylation sites is 2. The van der Waals surface area contributed by atoms with Gasteiger partial charge in [-0.05, 0) is 49.9 Å². The minimum atomic E-state index is 0.191. The molecule has 0 saturated carbocycles. The van der Waals surface area contributed by atoms with Crippen molar-refractivity contribution >= 4 is 28.3 Å². The van der Waals surface area contributed by atoms with Crippen LogP contribution < -0.4 is 0 Å². The number of imidazole rings is 1. The summed E-state index contributed by atoms with van der Waals surface area (Å²) in [5.74, 6) is 1.66. The molecule has 4 nitrogen and oxygen atoms in total. The highest BCUT2D eigenvalue weighted by molar-refractivity contribution is 7.14. The Bertz CT molecular complexity index is 870. The monoisotopic (exact) mass is 353 g/mol. The van der Waals surface area contributed by atoms with Crippen LogP contribution in [0, 0.1) is 6.92 Å². The Balaban J connectivity index is 1.44. The fourth-order valence-electron chi connectivity index (χ4n) is 3.65. The molecule has 0 radical (unpaired) electrons. The van der Waals surface area contributed by atoms with Crippen molar-refractivity contribution in [2.75, 3.05) is 13.1 Å². The van der Waals surface area contributed by atoms with Gasteiger partial charge in [-0.25, -0.2) is 4.98 Å². The number of nitrogens with zero attached hydrogens (tertiary/aromatic N) is 2. The molecule has 1 aromatic carbocycles. The zero-order valence-corrected chi connectivity index (χ0v) is 15.5. The molecule has 1 fully saturated rings. The lowest BCUT2D eigenvalue weighted by Gasteiger charge is -2.30. The number of nitrogens with one attached hydrogen (secondary N) is 1. The summed E-state index contributed by atoms with van der Waals surface area (Å²) >= 11 is 1.63. The number of thiophene rings is 1. The first-order valence-corrected chi connectivity index (χ1v) is 9.80. The topological polar surface area (TPSA) is 49.0 Å². The number of aromatic amines is 1. The van der Waals surface area contributed by atoms with E-state index in [0.717, 1.165) is 54.1 Å². The van der Waals surface area contributed by atoms with Gasteiger partial charge in [0.1, 0.15) is 5.82 Å². The first-order valence-electron chi connectivity index (χ1n) is 8.99. The standard InChI is InChI=1S/C20H23N3OS/c1-3-14-12-18(25-13(14)2)20(24)23-10-8-15(9-11-23)19-21-16-6-4-5-7-17(16)22-19/h4-7,12,15H,3,8-11H2,1-2H3,(H,21,22). The molecular formula is C20H23N3OS. The number of amides is 1. The molecule has 1 aliphatic heterocycles. The molecule has 1 amide bonds. The predicted molar refractivity (Wildman–Crippen MR) is 102 cm³/mol. The summed E-state index contributed by atoms with van der Waals surface area (Å²) in [6.07, 6.45) is 2.93. The van der Waals surface area contributed by atoms with Gasteiger partial charge in [-0.2, -0.15) is 0 Å². The SMILES string of the molecule is CCc1cc(C(=O)N2CCC(c3nc4ccccc4[nH]3)CC2)sc1C. The van der Waals surface area contributed by atoms with Gasteiger partial charge in [-0.1, -0.05) is 19.1 Å². The molecule has 0 spiro atoms. The second kappa shape index (κ2) is 6.64. The number of likely N-dealkylation sites (tertiary alicyclic amines) is 1. The molecule has 1 aliphatic rings. The quantitative estimate of drug-likeness (QED) is 0.753. The lowest BCUT2D eigenvalue weighted by atomic mass is 9.96. The van der Waals surface area contributed by atoms with Crippen LogP contribution in [0.3, 0.4) is 0 Å². The van der Waals surface area contributed by atoms with Crippen molar-refractivity contribution in [2.45, 2.75) is 39.0 Å². The molecule has 1 saturated heterocycles. The molecule has 130 valence electrons. The van der Waals surface area contributed by atoms with E-state index in [0.29, 0.717) is 5.92 Å². The zero-order chi connectivity index (χ0) is 17.4. The Labute approximate surface area is 151 Å². The van der Waals surface area contributed by atoms with Crippen molar-refractivity contribution < 1.29 is 4.79 Å². The molecule has 5 heteroatoms. The largest absolute Gasteiger partial charge is 0.342 e. The third kappa shape index (κ3) is 3.09. The van der Waals surface area contributed by atoms with E-state index in [1.165, 1.54) is 10.4 Å². The van der Waals surface area contributed by atoms with Crippen molar-refractivity contribution in [2.24, 2.45) is 0 Å². The third-order valence-corrected chi connectivity index (χ3v) is 6.27. The van der Waals surface area contributed by atoms with E-state index >= 15 is 0 Å². The van der Waals surface area contributed by atoms with Crippen LogP contribution in [-0.2, 0) is 6.42 Å². The number of fused-ring (bicyclic) bond motifs is 1. The van der Waals surface area contributed by atoms with Crippen LogP contribution in [0.25, 0.3) is 11.0 Å². The Hall–Kier alpha value is -2.14. The van der Waals surface area contributed by atoms with Gasteiger partial charge in [-0.3, -0.25) is 4.79 Å². The fourth-order valence-corrected chi connectivity index (χ4v) is 4.74. The Kier molecular flexibility index (Phi) is 4.34. The van der Waals surface area contributed by atoms with E-state index in [1.54, 1.807) is 11.3 Å². The summed E-state index contributed by atoms with van der Waals surface area (Å²) in [6, 6.07) is 10.2. The zero-order valence-electron chi connectivity index (χ0n) is 14.7. The maximum Gasteiger partial charge on any atom is 0.263 e. The number of aromatic nitrogens is 2. The summed E-state index contributed by atoms with van der Waals surface area (Å²) in [7, 11) is 0. The van der Waals surface area contributed by atoms with Crippen LogP contribution in [0.1, 0.15) is 51.6 Å². The van der Waals surface area contributed by atoms with Gasteiger partial charge < -0.3 is 9.88 Å². The fraction of sp³-hybridized carbons (Fsp3) is 0.400. The maximum atomic E-state index is 12.8. The van der Waals surface area contributed by atoms with Gasteiger partial charge in [0.2, 0.25) is 0 Å². The Morgan fingerprint density at radius 2 is 2.08 bits per heavy atom. The molecule has 0 bridgehead atoms. The number of aryl methyl sites for hydroxylation is 2. The van der Waals surface area contributed by atoms with Crippen molar-refractivity contribution in [3.63, 3.8) is 0 Å². The maximum absolute atomic E-state index is 12.8. The minimum Gasteiger partial charge on any atom is -0.342 e. The van der Waals surface area contributed by atoms with Gasteiger partial charge in [0, 0.05) is 23.9 Å². The van der Waals surface area contributed by atoms with E-state index in [1.807, 2.05) is 23.1 Å². The van der Waals surface area contributed by atoms with E-state index in [-0.39, 0.29) is 5.91 Å². The number of hydrogen-bond acceptors (Lipinski definition) is 3. The molecule has 4 rings (SSSR count). The van der Waals surface area contributed by atoms with Crippen LogP contribution >= 0.6 is 11.3 Å². The van der Waals surface area contributed by atoms with Crippen molar-refractivity contribution in [3.05, 3.63) is 51.5 Å². The molecule has 3 aromatic rings.